The van der Waals surface area contributed by atoms with Crippen LogP contribution in [0.3, 0.4) is 0 Å². The summed E-state index contributed by atoms with van der Waals surface area (Å²) in [7, 11) is 0. The molecule has 1 fully saturated rings. The summed E-state index contributed by atoms with van der Waals surface area (Å²) in [4.78, 5) is 19.8. The largest absolute Gasteiger partial charge is 0.447 e. The molecule has 6 rings (SSSR count). The summed E-state index contributed by atoms with van der Waals surface area (Å²) in [5.41, 5.74) is 3.30. The number of amides is 1. The summed E-state index contributed by atoms with van der Waals surface area (Å²) in [5, 5.41) is 13.3. The number of aromatic nitrogens is 4. The third kappa shape index (κ3) is 6.53. The van der Waals surface area contributed by atoms with Crippen LogP contribution in [-0.4, -0.2) is 49.7 Å². The topological polar surface area (TPSA) is 89.1 Å². The Morgan fingerprint density at radius 3 is 2.41 bits per heavy atom. The van der Waals surface area contributed by atoms with E-state index in [-0.39, 0.29) is 17.6 Å². The second kappa shape index (κ2) is 12.7. The number of halogens is 1. The Kier molecular flexibility index (Phi) is 8.46. The van der Waals surface area contributed by atoms with E-state index in [4.69, 9.17) is 16.0 Å². The Hall–Kier alpha value is -3.92. The van der Waals surface area contributed by atoms with Crippen molar-refractivity contribution < 1.29 is 9.21 Å². The lowest BCUT2D eigenvalue weighted by Gasteiger charge is -2.32. The molecule has 1 N–H and O–H groups in total. The maximum atomic E-state index is 12.9. The van der Waals surface area contributed by atoms with Gasteiger partial charge in [0.05, 0.1) is 10.8 Å². The number of para-hydroxylation sites is 1. The van der Waals surface area contributed by atoms with Crippen molar-refractivity contribution in [1.29, 1.82) is 0 Å². The van der Waals surface area contributed by atoms with Crippen LogP contribution < -0.4 is 5.32 Å². The number of hydrogen-bond acceptors (Lipinski definition) is 7. The van der Waals surface area contributed by atoms with Gasteiger partial charge in [0.1, 0.15) is 6.26 Å². The minimum absolute atomic E-state index is 0.122. The first-order valence-electron chi connectivity index (χ1n) is 13.5. The molecule has 208 valence electrons. The first-order chi connectivity index (χ1) is 20.1. The normalized spacial score (nSPS) is 14.3. The van der Waals surface area contributed by atoms with Gasteiger partial charge >= 0.3 is 0 Å². The first kappa shape index (κ1) is 27.3. The maximum absolute atomic E-state index is 12.9. The van der Waals surface area contributed by atoms with Gasteiger partial charge in [-0.3, -0.25) is 14.3 Å². The minimum Gasteiger partial charge on any atom is -0.447 e. The molecule has 10 heteroatoms. The first-order valence-corrected chi connectivity index (χ1v) is 14.9. The number of nitrogens with one attached hydrogen (secondary N) is 1. The van der Waals surface area contributed by atoms with Gasteiger partial charge in [0.15, 0.2) is 16.7 Å². The highest BCUT2D eigenvalue weighted by molar-refractivity contribution is 7.98. The summed E-state index contributed by atoms with van der Waals surface area (Å²) in [6, 6.07) is 28.0. The number of likely N-dealkylation sites (tertiary alicyclic amines) is 1. The molecule has 41 heavy (non-hydrogen) atoms. The van der Waals surface area contributed by atoms with Gasteiger partial charge in [-0.1, -0.05) is 84.0 Å². The molecule has 0 atom stereocenters. The lowest BCUT2D eigenvalue weighted by atomic mass is 10.0. The SMILES string of the molecule is O=C(NC1CCN(Cc2ccccc2)CC1)c1coc(CSc2nnc(-c3ccccc3Cl)n2-c2ccccc2)n1. The number of rotatable bonds is 9. The van der Waals surface area contributed by atoms with E-state index < -0.39 is 0 Å². The zero-order valence-corrected chi connectivity index (χ0v) is 23.9. The van der Waals surface area contributed by atoms with Crippen molar-refractivity contribution in [3.8, 4) is 17.1 Å². The fourth-order valence-electron chi connectivity index (χ4n) is 4.93. The predicted octanol–water partition coefficient (Wildman–Crippen LogP) is 6.26. The van der Waals surface area contributed by atoms with Crippen LogP contribution in [0.15, 0.2) is 101 Å². The van der Waals surface area contributed by atoms with Crippen molar-refractivity contribution >= 4 is 29.3 Å². The smallest absolute Gasteiger partial charge is 0.273 e. The lowest BCUT2D eigenvalue weighted by Crippen LogP contribution is -2.44. The average Bonchev–Trinajstić information content (AvgIpc) is 3.66. The summed E-state index contributed by atoms with van der Waals surface area (Å²) in [6.07, 6.45) is 3.23. The molecule has 2 aromatic heterocycles. The molecular formula is C31H29ClN6O2S. The van der Waals surface area contributed by atoms with E-state index in [0.29, 0.717) is 27.6 Å². The Morgan fingerprint density at radius 2 is 1.66 bits per heavy atom. The molecule has 5 aromatic rings. The van der Waals surface area contributed by atoms with Gasteiger partial charge in [-0.2, -0.15) is 0 Å². The summed E-state index contributed by atoms with van der Waals surface area (Å²) in [6.45, 7) is 2.82. The summed E-state index contributed by atoms with van der Waals surface area (Å²) >= 11 is 7.92. The van der Waals surface area contributed by atoms with Crippen molar-refractivity contribution in [1.82, 2.24) is 30.0 Å². The molecule has 0 saturated carbocycles. The van der Waals surface area contributed by atoms with Crippen LogP contribution in [0.4, 0.5) is 0 Å². The molecule has 3 heterocycles. The molecule has 1 saturated heterocycles. The number of carbonyl (C=O) groups excluding carboxylic acids is 1. The monoisotopic (exact) mass is 584 g/mol. The second-order valence-electron chi connectivity index (χ2n) is 9.88. The van der Waals surface area contributed by atoms with Gasteiger partial charge in [0.2, 0.25) is 5.89 Å². The number of thioether (sulfide) groups is 1. The lowest BCUT2D eigenvalue weighted by molar-refractivity contribution is 0.0904. The molecule has 1 amide bonds. The fourth-order valence-corrected chi connectivity index (χ4v) is 5.96. The third-order valence-electron chi connectivity index (χ3n) is 7.04. The van der Waals surface area contributed by atoms with E-state index in [2.05, 4.69) is 49.7 Å². The molecule has 0 aliphatic carbocycles. The van der Waals surface area contributed by atoms with Gasteiger partial charge < -0.3 is 9.73 Å². The average molecular weight is 585 g/mol. The van der Waals surface area contributed by atoms with E-state index in [1.165, 1.54) is 23.6 Å². The van der Waals surface area contributed by atoms with E-state index >= 15 is 0 Å². The van der Waals surface area contributed by atoms with Gasteiger partial charge in [-0.25, -0.2) is 4.98 Å². The van der Waals surface area contributed by atoms with E-state index in [1.54, 1.807) is 0 Å². The quantitative estimate of drug-likeness (QED) is 0.204. The predicted molar refractivity (Wildman–Crippen MR) is 160 cm³/mol. The van der Waals surface area contributed by atoms with Crippen LogP contribution in [0.5, 0.6) is 0 Å². The van der Waals surface area contributed by atoms with Crippen LogP contribution in [0.2, 0.25) is 5.02 Å². The highest BCUT2D eigenvalue weighted by atomic mass is 35.5. The Bertz CT molecular complexity index is 1600. The standard InChI is InChI=1S/C31H29ClN6O2S/c32-26-14-8-7-13-25(26)29-35-36-31(38(29)24-11-5-2-6-12-24)41-21-28-34-27(20-40-28)30(39)33-23-15-17-37(18-16-23)19-22-9-3-1-4-10-22/h1-14,20,23H,15-19,21H2,(H,33,39). The highest BCUT2D eigenvalue weighted by Crippen LogP contribution is 2.32. The zero-order chi connectivity index (χ0) is 28.0. The van der Waals surface area contributed by atoms with Crippen LogP contribution in [0.25, 0.3) is 17.1 Å². The number of piperidine rings is 1. The van der Waals surface area contributed by atoms with Crippen LogP contribution in [0.1, 0.15) is 34.8 Å². The molecule has 0 unspecified atom stereocenters. The Balaban J connectivity index is 1.08. The number of benzene rings is 3. The molecule has 1 aliphatic rings. The molecule has 0 radical (unpaired) electrons. The Labute approximate surface area is 247 Å². The maximum Gasteiger partial charge on any atom is 0.273 e. The third-order valence-corrected chi connectivity index (χ3v) is 8.29. The number of carbonyl (C=O) groups is 1. The van der Waals surface area contributed by atoms with Crippen molar-refractivity contribution in [3.05, 3.63) is 113 Å². The van der Waals surface area contributed by atoms with E-state index in [0.717, 1.165) is 43.7 Å². The van der Waals surface area contributed by atoms with Gasteiger partial charge in [0, 0.05) is 36.9 Å². The van der Waals surface area contributed by atoms with Gasteiger partial charge in [0.25, 0.3) is 5.91 Å². The molecular weight excluding hydrogens is 556 g/mol. The van der Waals surface area contributed by atoms with Crippen molar-refractivity contribution in [2.24, 2.45) is 0 Å². The van der Waals surface area contributed by atoms with Crippen LogP contribution in [0, 0.1) is 0 Å². The minimum atomic E-state index is -0.208. The molecule has 0 bridgehead atoms. The zero-order valence-electron chi connectivity index (χ0n) is 22.3. The van der Waals surface area contributed by atoms with E-state index in [1.807, 2.05) is 65.2 Å². The highest BCUT2D eigenvalue weighted by Gasteiger charge is 2.23. The number of hydrogen-bond donors (Lipinski definition) is 1. The molecule has 8 nitrogen and oxygen atoms in total. The second-order valence-corrected chi connectivity index (χ2v) is 11.2. The van der Waals surface area contributed by atoms with Crippen molar-refractivity contribution in [3.63, 3.8) is 0 Å². The van der Waals surface area contributed by atoms with Gasteiger partial charge in [-0.15, -0.1) is 10.2 Å². The van der Waals surface area contributed by atoms with Crippen molar-refractivity contribution in [2.75, 3.05) is 13.1 Å². The summed E-state index contributed by atoms with van der Waals surface area (Å²) in [5.74, 6) is 1.27. The summed E-state index contributed by atoms with van der Waals surface area (Å²) < 4.78 is 7.62. The van der Waals surface area contributed by atoms with Crippen LogP contribution >= 0.6 is 23.4 Å². The van der Waals surface area contributed by atoms with E-state index in [9.17, 15) is 4.79 Å². The number of nitrogens with zero attached hydrogens (tertiary/aromatic N) is 5. The molecule has 3 aromatic carbocycles. The van der Waals surface area contributed by atoms with Crippen LogP contribution in [-0.2, 0) is 12.3 Å². The Morgan fingerprint density at radius 1 is 0.951 bits per heavy atom. The fraction of sp³-hybridized carbons (Fsp3) is 0.226. The number of oxazole rings is 1. The molecule has 1 aliphatic heterocycles. The van der Waals surface area contributed by atoms with Gasteiger partial charge in [-0.05, 0) is 42.7 Å². The molecule has 0 spiro atoms. The van der Waals surface area contributed by atoms with Crippen molar-refractivity contribution in [2.45, 2.75) is 36.3 Å².